The zero-order valence-electron chi connectivity index (χ0n) is 22.3. The Morgan fingerprint density at radius 2 is 1.39 bits per heavy atom. The van der Waals surface area contributed by atoms with Crippen LogP contribution in [0.4, 0.5) is 4.79 Å². The molecule has 5 nitrogen and oxygen atoms in total. The summed E-state index contributed by atoms with van der Waals surface area (Å²) < 4.78 is 0. The van der Waals surface area contributed by atoms with Gasteiger partial charge in [0.05, 0.1) is 0 Å². The van der Waals surface area contributed by atoms with Crippen molar-refractivity contribution in [2.45, 2.75) is 38.3 Å². The third-order valence-corrected chi connectivity index (χ3v) is 8.47. The van der Waals surface area contributed by atoms with E-state index in [9.17, 15) is 9.90 Å². The highest BCUT2D eigenvalue weighted by molar-refractivity contribution is 5.62. The molecule has 5 heteroatoms. The molecule has 0 spiro atoms. The minimum atomic E-state index is -1.07. The summed E-state index contributed by atoms with van der Waals surface area (Å²) in [4.78, 5) is 18.5. The number of hydrogen-bond donors (Lipinski definition) is 0. The summed E-state index contributed by atoms with van der Waals surface area (Å²) >= 11 is 0. The van der Waals surface area contributed by atoms with Crippen molar-refractivity contribution in [3.05, 3.63) is 108 Å². The second kappa shape index (κ2) is 13.1. The van der Waals surface area contributed by atoms with E-state index in [1.54, 1.807) is 0 Å². The number of amides is 1. The summed E-state index contributed by atoms with van der Waals surface area (Å²) in [5.74, 6) is 1.76. The van der Waals surface area contributed by atoms with Gasteiger partial charge >= 0.3 is 0 Å². The van der Waals surface area contributed by atoms with Crippen molar-refractivity contribution in [3.8, 4) is 0 Å². The lowest BCUT2D eigenvalue weighted by Gasteiger charge is -2.36. The molecule has 0 radical (unpaired) electrons. The van der Waals surface area contributed by atoms with Crippen LogP contribution < -0.4 is 5.11 Å². The van der Waals surface area contributed by atoms with E-state index in [-0.39, 0.29) is 0 Å². The fraction of sp³-hybridized carbons (Fsp3) is 0.424. The standard InChI is InChI=1S/C33H41N3O2/c37-33(38)36(23-29-12-6-2-7-13-29)21-18-27-16-19-34(20-17-27)24-31-25-35(22-28-10-4-1-5-11-28)26-32(31)30-14-8-3-9-15-30/h1-15,27,31-32H,16-26H2,(H,37,38)/p-1/t31-,32+/m0/s1. The summed E-state index contributed by atoms with van der Waals surface area (Å²) in [6.45, 7) is 7.56. The zero-order valence-corrected chi connectivity index (χ0v) is 22.3. The molecule has 1 amide bonds. The molecule has 0 saturated carbocycles. The van der Waals surface area contributed by atoms with Crippen LogP contribution in [0.15, 0.2) is 91.0 Å². The van der Waals surface area contributed by atoms with Gasteiger partial charge in [0, 0.05) is 45.2 Å². The molecule has 3 aromatic carbocycles. The monoisotopic (exact) mass is 510 g/mol. The maximum absolute atomic E-state index is 11.7. The highest BCUT2D eigenvalue weighted by Crippen LogP contribution is 2.35. The molecule has 3 aromatic rings. The lowest BCUT2D eigenvalue weighted by molar-refractivity contribution is -0.266. The van der Waals surface area contributed by atoms with E-state index in [2.05, 4.69) is 70.5 Å². The van der Waals surface area contributed by atoms with Crippen molar-refractivity contribution >= 4 is 6.09 Å². The highest BCUT2D eigenvalue weighted by atomic mass is 16.4. The Bertz CT molecular complexity index is 1120. The fourth-order valence-electron chi connectivity index (χ4n) is 6.36. The lowest BCUT2D eigenvalue weighted by atomic mass is 9.87. The molecule has 5 rings (SSSR count). The zero-order chi connectivity index (χ0) is 26.2. The summed E-state index contributed by atoms with van der Waals surface area (Å²) in [7, 11) is 0. The summed E-state index contributed by atoms with van der Waals surface area (Å²) in [6, 6.07) is 31.7. The number of piperidine rings is 1. The molecule has 2 aliphatic heterocycles. The number of nitrogens with zero attached hydrogens (tertiary/aromatic N) is 3. The van der Waals surface area contributed by atoms with Crippen molar-refractivity contribution in [1.82, 2.24) is 14.7 Å². The topological polar surface area (TPSA) is 49.9 Å². The summed E-state index contributed by atoms with van der Waals surface area (Å²) in [5.41, 5.74) is 3.86. The first-order valence-corrected chi connectivity index (χ1v) is 14.2. The highest BCUT2D eigenvalue weighted by Gasteiger charge is 2.35. The van der Waals surface area contributed by atoms with Crippen molar-refractivity contribution < 1.29 is 9.90 Å². The molecule has 200 valence electrons. The second-order valence-corrected chi connectivity index (χ2v) is 11.2. The number of rotatable bonds is 10. The molecular formula is C33H40N3O2-. The van der Waals surface area contributed by atoms with Gasteiger partial charge in [-0.2, -0.15) is 0 Å². The van der Waals surface area contributed by atoms with Crippen LogP contribution in [0.5, 0.6) is 0 Å². The lowest BCUT2D eigenvalue weighted by Crippen LogP contribution is -2.43. The Labute approximate surface area is 227 Å². The molecule has 0 aliphatic carbocycles. The van der Waals surface area contributed by atoms with Crippen LogP contribution in [0.1, 0.15) is 41.9 Å². The van der Waals surface area contributed by atoms with Crippen LogP contribution in [-0.4, -0.2) is 60.1 Å². The fourth-order valence-corrected chi connectivity index (χ4v) is 6.36. The Balaban J connectivity index is 1.13. The largest absolute Gasteiger partial charge is 0.530 e. The normalized spacial score (nSPS) is 20.9. The van der Waals surface area contributed by atoms with E-state index in [0.29, 0.717) is 30.8 Å². The Morgan fingerprint density at radius 1 is 0.789 bits per heavy atom. The van der Waals surface area contributed by atoms with E-state index in [0.717, 1.165) is 64.1 Å². The van der Waals surface area contributed by atoms with Gasteiger partial charge in [0.2, 0.25) is 0 Å². The number of carboxylic acid groups (broad SMARTS) is 1. The van der Waals surface area contributed by atoms with Gasteiger partial charge in [-0.15, -0.1) is 0 Å². The Hall–Kier alpha value is -3.15. The van der Waals surface area contributed by atoms with Crippen LogP contribution >= 0.6 is 0 Å². The van der Waals surface area contributed by atoms with Crippen LogP contribution in [0.2, 0.25) is 0 Å². The smallest absolute Gasteiger partial charge is 0.137 e. The molecule has 2 atom stereocenters. The van der Waals surface area contributed by atoms with E-state index < -0.39 is 6.09 Å². The van der Waals surface area contributed by atoms with Crippen LogP contribution in [0.3, 0.4) is 0 Å². The molecule has 38 heavy (non-hydrogen) atoms. The summed E-state index contributed by atoms with van der Waals surface area (Å²) in [6.07, 6.45) is 2.13. The first-order chi connectivity index (χ1) is 18.6. The van der Waals surface area contributed by atoms with Gasteiger partial charge in [-0.25, -0.2) is 0 Å². The average Bonchev–Trinajstić information content (AvgIpc) is 3.35. The third kappa shape index (κ3) is 7.24. The summed E-state index contributed by atoms with van der Waals surface area (Å²) in [5, 5.41) is 11.7. The minimum absolute atomic E-state index is 0.407. The van der Waals surface area contributed by atoms with Gasteiger partial charge in [0.15, 0.2) is 0 Å². The van der Waals surface area contributed by atoms with Crippen LogP contribution in [0.25, 0.3) is 0 Å². The van der Waals surface area contributed by atoms with E-state index in [1.807, 2.05) is 30.3 Å². The quantitative estimate of drug-likeness (QED) is 0.391. The predicted molar refractivity (Wildman–Crippen MR) is 150 cm³/mol. The Kier molecular flexibility index (Phi) is 9.11. The molecule has 0 unspecified atom stereocenters. The first-order valence-electron chi connectivity index (χ1n) is 14.2. The minimum Gasteiger partial charge on any atom is -0.530 e. The van der Waals surface area contributed by atoms with Gasteiger partial charge in [-0.05, 0) is 60.9 Å². The van der Waals surface area contributed by atoms with Gasteiger partial charge in [-0.3, -0.25) is 4.90 Å². The van der Waals surface area contributed by atoms with Gasteiger partial charge in [0.25, 0.3) is 0 Å². The molecule has 0 N–H and O–H groups in total. The molecular weight excluding hydrogens is 470 g/mol. The number of likely N-dealkylation sites (tertiary alicyclic amines) is 2. The van der Waals surface area contributed by atoms with Crippen molar-refractivity contribution in [3.63, 3.8) is 0 Å². The SMILES string of the molecule is O=C([O-])N(CCC1CCN(C[C@H]2CN(Cc3ccccc3)C[C@@H]2c2ccccc2)CC1)Cc1ccccc1. The number of carbonyl (C=O) groups excluding carboxylic acids is 1. The average molecular weight is 511 g/mol. The van der Waals surface area contributed by atoms with Crippen molar-refractivity contribution in [1.29, 1.82) is 0 Å². The molecule has 2 heterocycles. The van der Waals surface area contributed by atoms with Crippen LogP contribution in [0, 0.1) is 11.8 Å². The molecule has 2 aliphatic rings. The maximum Gasteiger partial charge on any atom is 0.137 e. The molecule has 0 aromatic heterocycles. The molecule has 0 bridgehead atoms. The molecule has 2 saturated heterocycles. The second-order valence-electron chi connectivity index (χ2n) is 11.2. The van der Waals surface area contributed by atoms with E-state index >= 15 is 0 Å². The van der Waals surface area contributed by atoms with E-state index in [1.165, 1.54) is 16.0 Å². The van der Waals surface area contributed by atoms with Crippen molar-refractivity contribution in [2.75, 3.05) is 39.3 Å². The number of carbonyl (C=O) groups is 1. The third-order valence-electron chi connectivity index (χ3n) is 8.47. The first kappa shape index (κ1) is 26.5. The van der Waals surface area contributed by atoms with Gasteiger partial charge in [0.1, 0.15) is 6.09 Å². The number of benzene rings is 3. The number of hydrogen-bond acceptors (Lipinski definition) is 4. The van der Waals surface area contributed by atoms with E-state index in [4.69, 9.17) is 0 Å². The van der Waals surface area contributed by atoms with Crippen molar-refractivity contribution in [2.24, 2.45) is 11.8 Å². The molecule has 2 fully saturated rings. The maximum atomic E-state index is 11.7. The Morgan fingerprint density at radius 3 is 2.03 bits per heavy atom. The van der Waals surface area contributed by atoms with Gasteiger partial charge < -0.3 is 19.7 Å². The van der Waals surface area contributed by atoms with Crippen LogP contribution in [-0.2, 0) is 13.1 Å². The predicted octanol–water partition coefficient (Wildman–Crippen LogP) is 4.85. The van der Waals surface area contributed by atoms with Gasteiger partial charge in [-0.1, -0.05) is 91.0 Å².